The number of hydrogen-bond donors (Lipinski definition) is 1. The van der Waals surface area contributed by atoms with Crippen LogP contribution in [0.15, 0.2) is 87.9 Å². The van der Waals surface area contributed by atoms with Crippen molar-refractivity contribution in [3.63, 3.8) is 0 Å². The standard InChI is InChI=1S/C27H23F3N4O3S/c1-3-13-34-25(36)23(15-24(35)32-20-9-7-17(2)8-10-20)38-26(34)33-31-16-21-11-12-22(37-21)18-5-4-6-19(14-18)27(28,29)30/h3-12,14,16,23H,1,13,15H2,2H3,(H,32,35)/b31-16+,33-26-. The zero-order valence-corrected chi connectivity index (χ0v) is 21.1. The number of amides is 2. The number of anilines is 1. The Morgan fingerprint density at radius 3 is 2.66 bits per heavy atom. The number of rotatable bonds is 8. The molecule has 0 saturated carbocycles. The van der Waals surface area contributed by atoms with Gasteiger partial charge < -0.3 is 9.73 Å². The molecular formula is C27H23F3N4O3S. The van der Waals surface area contributed by atoms with Crippen molar-refractivity contribution in [1.82, 2.24) is 4.90 Å². The molecule has 1 N–H and O–H groups in total. The molecule has 196 valence electrons. The van der Waals surface area contributed by atoms with Gasteiger partial charge in [-0.25, -0.2) is 0 Å². The number of hydrogen-bond acceptors (Lipinski definition) is 6. The first kappa shape index (κ1) is 26.9. The molecule has 38 heavy (non-hydrogen) atoms. The Hall–Kier alpha value is -4.12. The third-order valence-corrected chi connectivity index (χ3v) is 6.63. The maximum Gasteiger partial charge on any atom is 0.416 e. The number of carbonyl (C=O) groups is 2. The van der Waals surface area contributed by atoms with Gasteiger partial charge >= 0.3 is 6.18 Å². The number of benzene rings is 2. The average molecular weight is 541 g/mol. The summed E-state index contributed by atoms with van der Waals surface area (Å²) in [4.78, 5) is 26.8. The van der Waals surface area contributed by atoms with Crippen LogP contribution >= 0.6 is 11.8 Å². The van der Waals surface area contributed by atoms with Crippen molar-refractivity contribution in [2.75, 3.05) is 11.9 Å². The van der Waals surface area contributed by atoms with E-state index in [9.17, 15) is 22.8 Å². The number of aryl methyl sites for hydroxylation is 1. The lowest BCUT2D eigenvalue weighted by Gasteiger charge is -2.12. The summed E-state index contributed by atoms with van der Waals surface area (Å²) in [7, 11) is 0. The minimum Gasteiger partial charge on any atom is -0.455 e. The molecule has 4 rings (SSSR count). The molecule has 2 amide bonds. The summed E-state index contributed by atoms with van der Waals surface area (Å²) in [5.74, 6) is -0.0857. The molecule has 0 bridgehead atoms. The number of nitrogens with zero attached hydrogens (tertiary/aromatic N) is 3. The molecular weight excluding hydrogens is 517 g/mol. The minimum absolute atomic E-state index is 0.0493. The Morgan fingerprint density at radius 1 is 1.18 bits per heavy atom. The predicted molar refractivity (Wildman–Crippen MR) is 142 cm³/mol. The fourth-order valence-corrected chi connectivity index (χ4v) is 4.69. The van der Waals surface area contributed by atoms with Gasteiger partial charge in [0.05, 0.1) is 11.8 Å². The summed E-state index contributed by atoms with van der Waals surface area (Å²) in [5.41, 5.74) is 1.19. The monoisotopic (exact) mass is 540 g/mol. The van der Waals surface area contributed by atoms with Gasteiger partial charge in [-0.15, -0.1) is 11.7 Å². The lowest BCUT2D eigenvalue weighted by atomic mass is 10.1. The van der Waals surface area contributed by atoms with Gasteiger partial charge in [-0.05, 0) is 43.3 Å². The molecule has 3 aromatic rings. The summed E-state index contributed by atoms with van der Waals surface area (Å²) >= 11 is 1.12. The average Bonchev–Trinajstić information content (AvgIpc) is 3.46. The van der Waals surface area contributed by atoms with E-state index < -0.39 is 17.0 Å². The van der Waals surface area contributed by atoms with E-state index in [0.29, 0.717) is 10.9 Å². The SMILES string of the molecule is C=CCN1C(=O)C(CC(=O)Nc2ccc(C)cc2)S/C1=N\N=C\c1ccc(-c2cccc(C(F)(F)F)c2)o1. The van der Waals surface area contributed by atoms with Crippen molar-refractivity contribution in [3.8, 4) is 11.3 Å². The van der Waals surface area contributed by atoms with Crippen LogP contribution in [0.1, 0.15) is 23.3 Å². The van der Waals surface area contributed by atoms with Gasteiger partial charge in [-0.1, -0.05) is 47.7 Å². The molecule has 1 aromatic heterocycles. The van der Waals surface area contributed by atoms with Gasteiger partial charge in [0.25, 0.3) is 0 Å². The second kappa shape index (κ2) is 11.5. The highest BCUT2D eigenvalue weighted by atomic mass is 32.2. The largest absolute Gasteiger partial charge is 0.455 e. The lowest BCUT2D eigenvalue weighted by Crippen LogP contribution is -2.33. The maximum absolute atomic E-state index is 13.0. The van der Waals surface area contributed by atoms with E-state index in [4.69, 9.17) is 4.42 Å². The second-order valence-corrected chi connectivity index (χ2v) is 9.54. The molecule has 0 aliphatic carbocycles. The van der Waals surface area contributed by atoms with E-state index in [1.165, 1.54) is 29.3 Å². The number of alkyl halides is 3. The summed E-state index contributed by atoms with van der Waals surface area (Å²) in [6.07, 6.45) is -1.68. The van der Waals surface area contributed by atoms with Gasteiger partial charge in [0, 0.05) is 24.2 Å². The Kier molecular flexibility index (Phi) is 8.16. The van der Waals surface area contributed by atoms with Crippen molar-refractivity contribution in [2.45, 2.75) is 24.8 Å². The van der Waals surface area contributed by atoms with Crippen LogP contribution in [0.5, 0.6) is 0 Å². The van der Waals surface area contributed by atoms with Crippen LogP contribution < -0.4 is 5.32 Å². The van der Waals surface area contributed by atoms with Crippen LogP contribution in [0.2, 0.25) is 0 Å². The summed E-state index contributed by atoms with van der Waals surface area (Å²) in [5, 5.41) is 10.5. The topological polar surface area (TPSA) is 87.3 Å². The van der Waals surface area contributed by atoms with Crippen LogP contribution in [0, 0.1) is 6.92 Å². The molecule has 7 nitrogen and oxygen atoms in total. The molecule has 1 aliphatic rings. The summed E-state index contributed by atoms with van der Waals surface area (Å²) in [6, 6.07) is 15.2. The molecule has 2 heterocycles. The molecule has 1 aliphatic heterocycles. The quantitative estimate of drug-likeness (QED) is 0.212. The Balaban J connectivity index is 1.43. The zero-order valence-electron chi connectivity index (χ0n) is 20.2. The van der Waals surface area contributed by atoms with Gasteiger partial charge in [0.15, 0.2) is 5.17 Å². The van der Waals surface area contributed by atoms with Gasteiger partial charge in [0.2, 0.25) is 11.8 Å². The van der Waals surface area contributed by atoms with Crippen LogP contribution in [0.3, 0.4) is 0 Å². The van der Waals surface area contributed by atoms with Crippen LogP contribution in [-0.2, 0) is 15.8 Å². The summed E-state index contributed by atoms with van der Waals surface area (Å²) < 4.78 is 44.6. The number of amidine groups is 1. The normalized spacial score (nSPS) is 16.9. The van der Waals surface area contributed by atoms with Gasteiger partial charge in [0.1, 0.15) is 16.8 Å². The number of thioether (sulfide) groups is 1. The van der Waals surface area contributed by atoms with Crippen LogP contribution in [-0.4, -0.2) is 39.9 Å². The van der Waals surface area contributed by atoms with Gasteiger partial charge in [-0.3, -0.25) is 14.5 Å². The van der Waals surface area contributed by atoms with E-state index in [1.807, 2.05) is 19.1 Å². The van der Waals surface area contributed by atoms with E-state index in [0.717, 1.165) is 29.5 Å². The predicted octanol–water partition coefficient (Wildman–Crippen LogP) is 6.12. The number of furan rings is 1. The highest BCUT2D eigenvalue weighted by Gasteiger charge is 2.38. The van der Waals surface area contributed by atoms with Crippen molar-refractivity contribution in [1.29, 1.82) is 0 Å². The van der Waals surface area contributed by atoms with Crippen molar-refractivity contribution < 1.29 is 27.2 Å². The highest BCUT2D eigenvalue weighted by molar-refractivity contribution is 8.15. The first-order valence-electron chi connectivity index (χ1n) is 11.5. The Bertz CT molecular complexity index is 1400. The Morgan fingerprint density at radius 2 is 1.95 bits per heavy atom. The fourth-order valence-electron chi connectivity index (χ4n) is 3.59. The van der Waals surface area contributed by atoms with Crippen LogP contribution in [0.25, 0.3) is 11.3 Å². The smallest absolute Gasteiger partial charge is 0.416 e. The molecule has 1 fully saturated rings. The van der Waals surface area contributed by atoms with E-state index >= 15 is 0 Å². The third kappa shape index (κ3) is 6.60. The second-order valence-electron chi connectivity index (χ2n) is 8.37. The van der Waals surface area contributed by atoms with Crippen molar-refractivity contribution in [3.05, 3.63) is 90.2 Å². The lowest BCUT2D eigenvalue weighted by molar-refractivity contribution is -0.137. The molecule has 1 saturated heterocycles. The van der Waals surface area contributed by atoms with Gasteiger partial charge in [-0.2, -0.15) is 18.3 Å². The molecule has 11 heteroatoms. The zero-order chi connectivity index (χ0) is 27.3. The van der Waals surface area contributed by atoms with Crippen LogP contribution in [0.4, 0.5) is 18.9 Å². The minimum atomic E-state index is -4.46. The first-order chi connectivity index (χ1) is 18.1. The molecule has 2 aromatic carbocycles. The number of halogens is 3. The van der Waals surface area contributed by atoms with E-state index in [1.54, 1.807) is 24.3 Å². The number of nitrogens with one attached hydrogen (secondary N) is 1. The molecule has 1 unspecified atom stereocenters. The Labute approximate surface area is 221 Å². The molecule has 0 radical (unpaired) electrons. The first-order valence-corrected chi connectivity index (χ1v) is 12.4. The van der Waals surface area contributed by atoms with Crippen molar-refractivity contribution in [2.24, 2.45) is 10.2 Å². The van der Waals surface area contributed by atoms with E-state index in [2.05, 4.69) is 22.1 Å². The van der Waals surface area contributed by atoms with E-state index in [-0.39, 0.29) is 41.9 Å². The highest BCUT2D eigenvalue weighted by Crippen LogP contribution is 2.33. The fraction of sp³-hybridized carbons (Fsp3) is 0.185. The summed E-state index contributed by atoms with van der Waals surface area (Å²) in [6.45, 7) is 5.80. The number of carbonyl (C=O) groups excluding carboxylic acids is 2. The third-order valence-electron chi connectivity index (χ3n) is 5.47. The van der Waals surface area contributed by atoms with Crippen molar-refractivity contribution >= 4 is 40.6 Å². The molecule has 1 atom stereocenters. The molecule has 0 spiro atoms. The maximum atomic E-state index is 13.0.